The van der Waals surface area contributed by atoms with Crippen molar-refractivity contribution in [1.82, 2.24) is 5.43 Å². The first-order valence-electron chi connectivity index (χ1n) is 4.67. The molecule has 1 aliphatic carbocycles. The van der Waals surface area contributed by atoms with E-state index in [4.69, 9.17) is 16.7 Å². The van der Waals surface area contributed by atoms with Gasteiger partial charge in [0, 0.05) is 6.61 Å². The number of aliphatic hydroxyl groups is 1. The number of hydrogen-bond acceptors (Lipinski definition) is 3. The lowest BCUT2D eigenvalue weighted by molar-refractivity contribution is 0.181. The summed E-state index contributed by atoms with van der Waals surface area (Å²) in [5.74, 6) is 5.76. The van der Waals surface area contributed by atoms with E-state index in [-0.39, 0.29) is 18.6 Å². The van der Waals surface area contributed by atoms with Crippen LogP contribution in [0.15, 0.2) is 4.99 Å². The maximum Gasteiger partial charge on any atom is 0.203 e. The number of nitrogens with two attached hydrogens (primary N) is 2. The fraction of sp³-hybridized carbons (Fsp3) is 0.875. The molecule has 0 aromatic heterocycles. The van der Waals surface area contributed by atoms with Gasteiger partial charge in [-0.15, -0.1) is 0 Å². The maximum absolute atomic E-state index is 8.98. The predicted octanol–water partition coefficient (Wildman–Crippen LogP) is -0.685. The van der Waals surface area contributed by atoms with Crippen LogP contribution in [-0.4, -0.2) is 23.7 Å². The van der Waals surface area contributed by atoms with Gasteiger partial charge >= 0.3 is 0 Å². The average molecular weight is 186 g/mol. The largest absolute Gasteiger partial charge is 0.396 e. The van der Waals surface area contributed by atoms with Crippen LogP contribution in [0.25, 0.3) is 0 Å². The van der Waals surface area contributed by atoms with Crippen LogP contribution >= 0.6 is 0 Å². The minimum absolute atomic E-state index is 0.224. The average Bonchev–Trinajstić information content (AvgIpc) is 2.18. The van der Waals surface area contributed by atoms with Crippen molar-refractivity contribution in [1.29, 1.82) is 0 Å². The highest BCUT2D eigenvalue weighted by molar-refractivity contribution is 5.77. The number of nitrogens with one attached hydrogen (secondary N) is 1. The minimum Gasteiger partial charge on any atom is -0.396 e. The number of rotatable bonds is 2. The summed E-state index contributed by atoms with van der Waals surface area (Å²) in [7, 11) is 0. The van der Waals surface area contributed by atoms with Crippen LogP contribution in [0.1, 0.15) is 25.7 Å². The molecule has 76 valence electrons. The third-order valence-corrected chi connectivity index (χ3v) is 2.48. The summed E-state index contributed by atoms with van der Waals surface area (Å²) in [5, 5.41) is 8.98. The van der Waals surface area contributed by atoms with Crippen LogP contribution in [0.3, 0.4) is 0 Å². The first kappa shape index (κ1) is 10.3. The molecule has 1 fully saturated rings. The number of hydrazine groups is 1. The molecule has 0 aromatic carbocycles. The molecule has 0 heterocycles. The van der Waals surface area contributed by atoms with Gasteiger partial charge in [0.1, 0.15) is 0 Å². The molecule has 0 saturated heterocycles. The number of guanidine groups is 1. The van der Waals surface area contributed by atoms with Gasteiger partial charge in [-0.05, 0) is 25.2 Å². The molecule has 1 saturated carbocycles. The molecule has 0 radical (unpaired) electrons. The fourth-order valence-corrected chi connectivity index (χ4v) is 1.78. The molecule has 1 rings (SSSR count). The summed E-state index contributed by atoms with van der Waals surface area (Å²) < 4.78 is 0. The molecular formula is C8H18N4O. The molecular weight excluding hydrogens is 168 g/mol. The van der Waals surface area contributed by atoms with E-state index in [0.29, 0.717) is 5.92 Å². The Balaban J connectivity index is 2.42. The van der Waals surface area contributed by atoms with Gasteiger partial charge in [-0.3, -0.25) is 5.43 Å². The van der Waals surface area contributed by atoms with Gasteiger partial charge in [0.15, 0.2) is 0 Å². The molecule has 5 nitrogen and oxygen atoms in total. The van der Waals surface area contributed by atoms with Gasteiger partial charge in [-0.25, -0.2) is 10.8 Å². The minimum atomic E-state index is 0.224. The molecule has 0 aromatic rings. The van der Waals surface area contributed by atoms with Crippen molar-refractivity contribution in [3.05, 3.63) is 0 Å². The zero-order valence-corrected chi connectivity index (χ0v) is 7.74. The summed E-state index contributed by atoms with van der Waals surface area (Å²) in [6.07, 6.45) is 4.16. The van der Waals surface area contributed by atoms with Crippen molar-refractivity contribution in [2.45, 2.75) is 31.7 Å². The Labute approximate surface area is 78.2 Å². The smallest absolute Gasteiger partial charge is 0.203 e. The summed E-state index contributed by atoms with van der Waals surface area (Å²) in [5.41, 5.74) is 7.75. The monoisotopic (exact) mass is 186 g/mol. The highest BCUT2D eigenvalue weighted by Gasteiger charge is 2.20. The first-order chi connectivity index (χ1) is 6.26. The van der Waals surface area contributed by atoms with Crippen LogP contribution in [0.4, 0.5) is 0 Å². The van der Waals surface area contributed by atoms with E-state index >= 15 is 0 Å². The standard InChI is InChI=1S/C8H18N4O/c9-8(12-10)11-7-3-1-2-6(4-7)5-13/h6-7,13H,1-5,10H2,(H3,9,11,12). The SMILES string of the molecule is NNC(N)=NC1CCCC(CO)C1. The van der Waals surface area contributed by atoms with Gasteiger partial charge < -0.3 is 10.8 Å². The van der Waals surface area contributed by atoms with Gasteiger partial charge in [0.2, 0.25) is 5.96 Å². The molecule has 1 aliphatic rings. The van der Waals surface area contributed by atoms with Crippen molar-refractivity contribution in [3.8, 4) is 0 Å². The van der Waals surface area contributed by atoms with Crippen LogP contribution in [0.5, 0.6) is 0 Å². The molecule has 0 amide bonds. The van der Waals surface area contributed by atoms with Gasteiger partial charge in [0.05, 0.1) is 6.04 Å². The number of hydrogen-bond donors (Lipinski definition) is 4. The Hall–Kier alpha value is -0.810. The molecule has 5 heteroatoms. The lowest BCUT2D eigenvalue weighted by atomic mass is 9.86. The zero-order chi connectivity index (χ0) is 9.68. The Morgan fingerprint density at radius 1 is 1.54 bits per heavy atom. The van der Waals surface area contributed by atoms with Crippen molar-refractivity contribution in [2.24, 2.45) is 22.5 Å². The molecule has 2 atom stereocenters. The van der Waals surface area contributed by atoms with Crippen molar-refractivity contribution in [2.75, 3.05) is 6.61 Å². The molecule has 6 N–H and O–H groups in total. The van der Waals surface area contributed by atoms with E-state index in [2.05, 4.69) is 10.4 Å². The molecule has 0 aliphatic heterocycles. The highest BCUT2D eigenvalue weighted by Crippen LogP contribution is 2.25. The summed E-state index contributed by atoms with van der Waals surface area (Å²) >= 11 is 0. The van der Waals surface area contributed by atoms with E-state index in [9.17, 15) is 0 Å². The predicted molar refractivity (Wildman–Crippen MR) is 51.8 cm³/mol. The van der Waals surface area contributed by atoms with Crippen LogP contribution in [0, 0.1) is 5.92 Å². The molecule has 13 heavy (non-hydrogen) atoms. The highest BCUT2D eigenvalue weighted by atomic mass is 16.3. The Kier molecular flexibility index (Phi) is 3.98. The molecule has 2 unspecified atom stereocenters. The van der Waals surface area contributed by atoms with E-state index < -0.39 is 0 Å². The number of aliphatic hydroxyl groups excluding tert-OH is 1. The van der Waals surface area contributed by atoms with E-state index in [1.165, 1.54) is 0 Å². The van der Waals surface area contributed by atoms with E-state index in [1.54, 1.807) is 0 Å². The zero-order valence-electron chi connectivity index (χ0n) is 7.74. The topological polar surface area (TPSA) is 96.7 Å². The third kappa shape index (κ3) is 3.20. The second kappa shape index (κ2) is 5.04. The number of nitrogens with zero attached hydrogens (tertiary/aromatic N) is 1. The lowest BCUT2D eigenvalue weighted by Crippen LogP contribution is -2.38. The second-order valence-corrected chi connectivity index (χ2v) is 3.53. The van der Waals surface area contributed by atoms with Crippen molar-refractivity contribution in [3.63, 3.8) is 0 Å². The van der Waals surface area contributed by atoms with E-state index in [0.717, 1.165) is 25.7 Å². The van der Waals surface area contributed by atoms with Crippen LogP contribution < -0.4 is 17.0 Å². The van der Waals surface area contributed by atoms with Gasteiger partial charge in [-0.2, -0.15) is 0 Å². The third-order valence-electron chi connectivity index (χ3n) is 2.48. The summed E-state index contributed by atoms with van der Waals surface area (Å²) in [4.78, 5) is 4.20. The summed E-state index contributed by atoms with van der Waals surface area (Å²) in [6.45, 7) is 0.252. The fourth-order valence-electron chi connectivity index (χ4n) is 1.78. The van der Waals surface area contributed by atoms with Crippen molar-refractivity contribution < 1.29 is 5.11 Å². The molecule has 0 spiro atoms. The Morgan fingerprint density at radius 2 is 2.31 bits per heavy atom. The van der Waals surface area contributed by atoms with Gasteiger partial charge in [-0.1, -0.05) is 6.42 Å². The maximum atomic E-state index is 8.98. The number of aliphatic imine (C=N–C) groups is 1. The van der Waals surface area contributed by atoms with Crippen LogP contribution in [0.2, 0.25) is 0 Å². The van der Waals surface area contributed by atoms with Crippen molar-refractivity contribution >= 4 is 5.96 Å². The van der Waals surface area contributed by atoms with Crippen LogP contribution in [-0.2, 0) is 0 Å². The van der Waals surface area contributed by atoms with Gasteiger partial charge in [0.25, 0.3) is 0 Å². The quantitative estimate of drug-likeness (QED) is 0.199. The van der Waals surface area contributed by atoms with E-state index in [1.807, 2.05) is 0 Å². The Bertz CT molecular complexity index is 183. The second-order valence-electron chi connectivity index (χ2n) is 3.53. The normalized spacial score (nSPS) is 30.2. The lowest BCUT2D eigenvalue weighted by Gasteiger charge is -2.25. The Morgan fingerprint density at radius 3 is 2.92 bits per heavy atom. The summed E-state index contributed by atoms with van der Waals surface area (Å²) in [6, 6.07) is 0.224. The molecule has 0 bridgehead atoms. The first-order valence-corrected chi connectivity index (χ1v) is 4.67.